The summed E-state index contributed by atoms with van der Waals surface area (Å²) in [6.07, 6.45) is 3.17. The van der Waals surface area contributed by atoms with Crippen LogP contribution in [0, 0.1) is 5.92 Å². The van der Waals surface area contributed by atoms with Crippen molar-refractivity contribution < 1.29 is 18.8 Å². The summed E-state index contributed by atoms with van der Waals surface area (Å²) in [7, 11) is 0. The third-order valence-corrected chi connectivity index (χ3v) is 7.75. The number of benzene rings is 2. The van der Waals surface area contributed by atoms with E-state index in [1.165, 1.54) is 11.8 Å². The molecular weight excluding hydrogens is 490 g/mol. The van der Waals surface area contributed by atoms with Crippen LogP contribution in [0.2, 0.25) is 0 Å². The first kappa shape index (κ1) is 24.9. The highest BCUT2D eigenvalue weighted by atomic mass is 16.3. The predicted molar refractivity (Wildman–Crippen MR) is 150 cm³/mol. The number of imide groups is 1. The molecule has 4 heterocycles. The van der Waals surface area contributed by atoms with Crippen molar-refractivity contribution in [2.24, 2.45) is 5.92 Å². The second-order valence-corrected chi connectivity index (χ2v) is 10.9. The fourth-order valence-corrected chi connectivity index (χ4v) is 5.68. The molecule has 2 aromatic carbocycles. The largest absolute Gasteiger partial charge is 0.460 e. The third kappa shape index (κ3) is 4.18. The van der Waals surface area contributed by atoms with Crippen molar-refractivity contribution in [3.8, 4) is 11.3 Å². The number of furan rings is 1. The zero-order valence-electron chi connectivity index (χ0n) is 22.6. The molecule has 1 N–H and O–H groups in total. The van der Waals surface area contributed by atoms with Crippen LogP contribution in [0.5, 0.6) is 0 Å². The summed E-state index contributed by atoms with van der Waals surface area (Å²) in [5.41, 5.74) is 5.75. The number of nitrogens with one attached hydrogen (secondary N) is 1. The molecule has 2 aromatic heterocycles. The molecule has 0 saturated carbocycles. The van der Waals surface area contributed by atoms with Crippen molar-refractivity contribution in [1.29, 1.82) is 0 Å². The molecule has 0 bridgehead atoms. The van der Waals surface area contributed by atoms with Gasteiger partial charge in [-0.1, -0.05) is 44.2 Å². The molecule has 2 aliphatic rings. The number of rotatable bonds is 6. The Bertz CT molecular complexity index is 1670. The molecule has 2 aliphatic heterocycles. The SMILES string of the molecule is CC(=O)c1ccc(-c2ccc([C@H]3C4=C(CN(C(C)=O)C4=O)Nc4cccc5c4c3cn5CCC(C)C)o2)cc1. The zero-order valence-corrected chi connectivity index (χ0v) is 22.6. The van der Waals surface area contributed by atoms with Crippen LogP contribution in [0.4, 0.5) is 5.69 Å². The minimum Gasteiger partial charge on any atom is -0.460 e. The van der Waals surface area contributed by atoms with Crippen LogP contribution in [-0.2, 0) is 16.1 Å². The molecule has 7 heteroatoms. The maximum atomic E-state index is 13.7. The fraction of sp³-hybridized carbons (Fsp3) is 0.281. The van der Waals surface area contributed by atoms with Gasteiger partial charge in [-0.2, -0.15) is 0 Å². The van der Waals surface area contributed by atoms with Gasteiger partial charge in [0.15, 0.2) is 5.78 Å². The van der Waals surface area contributed by atoms with Gasteiger partial charge < -0.3 is 14.3 Å². The smallest absolute Gasteiger partial charge is 0.259 e. The van der Waals surface area contributed by atoms with Crippen molar-refractivity contribution in [1.82, 2.24) is 9.47 Å². The Labute approximate surface area is 227 Å². The van der Waals surface area contributed by atoms with E-state index in [-0.39, 0.29) is 24.1 Å². The standard InChI is InChI=1S/C32H31N3O4/c1-18(2)14-15-34-16-23-29-24(6-5-7-26(29)34)33-25-17-35(20(4)37)32(38)31(25)30(23)28-13-12-27(39-28)22-10-8-21(9-11-22)19(3)36/h5-13,16,18,30,33H,14-15,17H2,1-4H3/t30-/m0/s1. The van der Waals surface area contributed by atoms with Crippen LogP contribution >= 0.6 is 0 Å². The van der Waals surface area contributed by atoms with Crippen molar-refractivity contribution in [2.45, 2.75) is 46.6 Å². The Morgan fingerprint density at radius 2 is 1.82 bits per heavy atom. The van der Waals surface area contributed by atoms with Crippen LogP contribution in [-0.4, -0.2) is 33.6 Å². The van der Waals surface area contributed by atoms with E-state index in [2.05, 4.69) is 36.0 Å². The number of carbonyl (C=O) groups excluding carboxylic acids is 3. The van der Waals surface area contributed by atoms with Crippen LogP contribution < -0.4 is 5.32 Å². The molecule has 39 heavy (non-hydrogen) atoms. The Kier molecular flexibility index (Phi) is 6.02. The molecule has 0 radical (unpaired) electrons. The fourth-order valence-electron chi connectivity index (χ4n) is 5.68. The maximum Gasteiger partial charge on any atom is 0.259 e. The molecule has 2 amide bonds. The number of anilines is 1. The number of aryl methyl sites for hydroxylation is 1. The lowest BCUT2D eigenvalue weighted by molar-refractivity contribution is -0.139. The average molecular weight is 522 g/mol. The van der Waals surface area contributed by atoms with Gasteiger partial charge in [-0.15, -0.1) is 0 Å². The summed E-state index contributed by atoms with van der Waals surface area (Å²) < 4.78 is 8.72. The van der Waals surface area contributed by atoms with Gasteiger partial charge in [0.2, 0.25) is 5.91 Å². The van der Waals surface area contributed by atoms with Crippen LogP contribution in [0.15, 0.2) is 76.5 Å². The molecular formula is C32H31N3O4. The van der Waals surface area contributed by atoms with E-state index < -0.39 is 5.92 Å². The predicted octanol–water partition coefficient (Wildman–Crippen LogP) is 6.35. The number of carbonyl (C=O) groups is 3. The molecule has 0 fully saturated rings. The number of aromatic nitrogens is 1. The minimum atomic E-state index is -0.485. The lowest BCUT2D eigenvalue weighted by Gasteiger charge is -2.17. The molecule has 4 aromatic rings. The highest BCUT2D eigenvalue weighted by Crippen LogP contribution is 2.47. The second-order valence-electron chi connectivity index (χ2n) is 10.9. The lowest BCUT2D eigenvalue weighted by Crippen LogP contribution is -2.33. The number of Topliss-reactive ketones (excluding diaryl/α,β-unsaturated/α-hetero) is 1. The first-order valence-electron chi connectivity index (χ1n) is 13.4. The monoisotopic (exact) mass is 521 g/mol. The molecule has 0 spiro atoms. The van der Waals surface area contributed by atoms with E-state index in [0.717, 1.165) is 46.4 Å². The lowest BCUT2D eigenvalue weighted by atomic mass is 9.88. The summed E-state index contributed by atoms with van der Waals surface area (Å²) >= 11 is 0. The number of ketones is 1. The molecule has 7 nitrogen and oxygen atoms in total. The molecule has 0 saturated heterocycles. The van der Waals surface area contributed by atoms with Crippen molar-refractivity contribution >= 4 is 34.2 Å². The second kappa shape index (κ2) is 9.42. The Balaban J connectivity index is 1.51. The number of nitrogens with zero attached hydrogens (tertiary/aromatic N) is 2. The number of hydrogen-bond donors (Lipinski definition) is 1. The molecule has 0 unspecified atom stereocenters. The van der Waals surface area contributed by atoms with Crippen LogP contribution in [0.1, 0.15) is 61.7 Å². The van der Waals surface area contributed by atoms with E-state index in [1.807, 2.05) is 36.4 Å². The normalized spacial score (nSPS) is 16.6. The van der Waals surface area contributed by atoms with Gasteiger partial charge in [0, 0.05) is 47.6 Å². The van der Waals surface area contributed by atoms with Gasteiger partial charge in [0.05, 0.1) is 23.6 Å². The van der Waals surface area contributed by atoms with E-state index in [4.69, 9.17) is 4.42 Å². The summed E-state index contributed by atoms with van der Waals surface area (Å²) in [5, 5.41) is 4.57. The number of hydrogen-bond acceptors (Lipinski definition) is 5. The van der Waals surface area contributed by atoms with Gasteiger partial charge in [-0.05, 0) is 49.1 Å². The first-order valence-corrected chi connectivity index (χ1v) is 13.4. The quantitative estimate of drug-likeness (QED) is 0.299. The Hall–Kier alpha value is -4.39. The third-order valence-electron chi connectivity index (χ3n) is 7.75. The molecule has 0 aliphatic carbocycles. The van der Waals surface area contributed by atoms with Crippen LogP contribution in [0.25, 0.3) is 22.2 Å². The average Bonchev–Trinajstić information content (AvgIpc) is 3.59. The summed E-state index contributed by atoms with van der Waals surface area (Å²) in [6.45, 7) is 8.44. The van der Waals surface area contributed by atoms with E-state index in [1.54, 1.807) is 19.1 Å². The van der Waals surface area contributed by atoms with Gasteiger partial charge >= 0.3 is 0 Å². The first-order chi connectivity index (χ1) is 18.7. The minimum absolute atomic E-state index is 0.00605. The summed E-state index contributed by atoms with van der Waals surface area (Å²) in [4.78, 5) is 39.1. The Morgan fingerprint density at radius 3 is 2.51 bits per heavy atom. The molecule has 1 atom stereocenters. The highest BCUT2D eigenvalue weighted by molar-refractivity contribution is 6.11. The Morgan fingerprint density at radius 1 is 1.05 bits per heavy atom. The summed E-state index contributed by atoms with van der Waals surface area (Å²) in [6, 6.07) is 17.3. The highest BCUT2D eigenvalue weighted by Gasteiger charge is 2.42. The van der Waals surface area contributed by atoms with Crippen LogP contribution in [0.3, 0.4) is 0 Å². The zero-order chi connectivity index (χ0) is 27.4. The topological polar surface area (TPSA) is 84.5 Å². The maximum absolute atomic E-state index is 13.7. The van der Waals surface area contributed by atoms with Crippen molar-refractivity contribution in [3.05, 3.63) is 89.0 Å². The van der Waals surface area contributed by atoms with Gasteiger partial charge in [-0.3, -0.25) is 19.3 Å². The summed E-state index contributed by atoms with van der Waals surface area (Å²) in [5.74, 6) is 0.771. The molecule has 6 rings (SSSR count). The number of amides is 2. The van der Waals surface area contributed by atoms with Gasteiger partial charge in [0.1, 0.15) is 11.5 Å². The van der Waals surface area contributed by atoms with Crippen molar-refractivity contribution in [3.63, 3.8) is 0 Å². The van der Waals surface area contributed by atoms with Gasteiger partial charge in [0.25, 0.3) is 5.91 Å². The van der Waals surface area contributed by atoms with E-state index in [9.17, 15) is 14.4 Å². The van der Waals surface area contributed by atoms with E-state index >= 15 is 0 Å². The van der Waals surface area contributed by atoms with E-state index in [0.29, 0.717) is 28.6 Å². The van der Waals surface area contributed by atoms with Gasteiger partial charge in [-0.25, -0.2) is 0 Å². The molecule has 198 valence electrons. The van der Waals surface area contributed by atoms with Crippen molar-refractivity contribution in [2.75, 3.05) is 11.9 Å².